The molecule has 2 aromatic rings. The van der Waals surface area contributed by atoms with Gasteiger partial charge in [0, 0.05) is 12.2 Å². The molecule has 90 valence electrons. The Kier molecular flexibility index (Phi) is 3.49. The van der Waals surface area contributed by atoms with Crippen LogP contribution in [0.15, 0.2) is 48.5 Å². The maximum atomic E-state index is 8.97. The molecule has 0 fully saturated rings. The molecule has 3 nitrogen and oxygen atoms in total. The van der Waals surface area contributed by atoms with E-state index in [4.69, 9.17) is 11.0 Å². The van der Waals surface area contributed by atoms with Crippen LogP contribution in [0.2, 0.25) is 0 Å². The number of hydrogen-bond donors (Lipinski definition) is 1. The number of nitrogen functional groups attached to an aromatic ring is 1. The summed E-state index contributed by atoms with van der Waals surface area (Å²) in [6.07, 6.45) is 0. The van der Waals surface area contributed by atoms with Crippen molar-refractivity contribution in [2.45, 2.75) is 6.92 Å². The lowest BCUT2D eigenvalue weighted by molar-refractivity contribution is 1.02. The van der Waals surface area contributed by atoms with Gasteiger partial charge in [-0.1, -0.05) is 18.2 Å². The Morgan fingerprint density at radius 3 is 2.50 bits per heavy atom. The molecule has 0 aromatic heterocycles. The second-order valence-corrected chi connectivity index (χ2v) is 3.97. The molecule has 2 aromatic carbocycles. The first-order valence-electron chi connectivity index (χ1n) is 5.88. The number of anilines is 3. The van der Waals surface area contributed by atoms with E-state index >= 15 is 0 Å². The molecular weight excluding hydrogens is 222 g/mol. The highest BCUT2D eigenvalue weighted by atomic mass is 15.1. The van der Waals surface area contributed by atoms with Crippen LogP contribution in [0.5, 0.6) is 0 Å². The van der Waals surface area contributed by atoms with Gasteiger partial charge in [0.1, 0.15) is 0 Å². The van der Waals surface area contributed by atoms with Crippen LogP contribution >= 0.6 is 0 Å². The zero-order chi connectivity index (χ0) is 13.0. The van der Waals surface area contributed by atoms with E-state index in [0.29, 0.717) is 11.3 Å². The lowest BCUT2D eigenvalue weighted by atomic mass is 10.1. The Hall–Kier alpha value is -2.47. The standard InChI is InChI=1S/C15H15N3/c1-2-18(13-6-4-3-5-7-13)15-10-12(11-16)8-9-14(15)17/h3-10H,2,17H2,1H3. The van der Waals surface area contributed by atoms with Crippen LogP contribution in [0, 0.1) is 11.3 Å². The van der Waals surface area contributed by atoms with Crippen molar-refractivity contribution in [3.63, 3.8) is 0 Å². The van der Waals surface area contributed by atoms with Gasteiger partial charge in [-0.2, -0.15) is 5.26 Å². The predicted octanol–water partition coefficient (Wildman–Crippen LogP) is 3.30. The molecule has 0 aliphatic rings. The molecule has 0 spiro atoms. The predicted molar refractivity (Wildman–Crippen MR) is 74.7 cm³/mol. The fourth-order valence-electron chi connectivity index (χ4n) is 1.95. The molecule has 0 saturated carbocycles. The number of rotatable bonds is 3. The molecule has 0 atom stereocenters. The molecule has 0 amide bonds. The molecule has 3 heteroatoms. The molecule has 18 heavy (non-hydrogen) atoms. The molecule has 0 aliphatic carbocycles. The maximum absolute atomic E-state index is 8.97. The Morgan fingerprint density at radius 2 is 1.89 bits per heavy atom. The minimum absolute atomic E-state index is 0.619. The third kappa shape index (κ3) is 2.28. The van der Waals surface area contributed by atoms with Gasteiger partial charge in [-0.15, -0.1) is 0 Å². The summed E-state index contributed by atoms with van der Waals surface area (Å²) >= 11 is 0. The monoisotopic (exact) mass is 237 g/mol. The molecule has 0 radical (unpaired) electrons. The zero-order valence-electron chi connectivity index (χ0n) is 10.3. The van der Waals surface area contributed by atoms with Crippen LogP contribution in [0.25, 0.3) is 0 Å². The van der Waals surface area contributed by atoms with Crippen molar-refractivity contribution in [3.8, 4) is 6.07 Å². The Labute approximate surface area is 107 Å². The van der Waals surface area contributed by atoms with Gasteiger partial charge in [-0.05, 0) is 37.3 Å². The first kappa shape index (κ1) is 12.0. The average molecular weight is 237 g/mol. The summed E-state index contributed by atoms with van der Waals surface area (Å²) in [6, 6.07) is 17.5. The van der Waals surface area contributed by atoms with E-state index in [1.54, 1.807) is 12.1 Å². The first-order chi connectivity index (χ1) is 8.76. The minimum Gasteiger partial charge on any atom is -0.397 e. The number of benzene rings is 2. The lowest BCUT2D eigenvalue weighted by Gasteiger charge is -2.24. The second-order valence-electron chi connectivity index (χ2n) is 3.97. The van der Waals surface area contributed by atoms with Crippen molar-refractivity contribution in [2.24, 2.45) is 0 Å². The van der Waals surface area contributed by atoms with Gasteiger partial charge >= 0.3 is 0 Å². The van der Waals surface area contributed by atoms with Crippen LogP contribution in [0.1, 0.15) is 12.5 Å². The molecular formula is C15H15N3. The van der Waals surface area contributed by atoms with Crippen LogP contribution in [0.3, 0.4) is 0 Å². The molecule has 0 unspecified atom stereocenters. The van der Waals surface area contributed by atoms with E-state index in [-0.39, 0.29) is 0 Å². The summed E-state index contributed by atoms with van der Waals surface area (Å²) in [5, 5.41) is 8.97. The minimum atomic E-state index is 0.619. The van der Waals surface area contributed by atoms with Gasteiger partial charge in [0.2, 0.25) is 0 Å². The molecule has 0 aliphatic heterocycles. The number of hydrogen-bond acceptors (Lipinski definition) is 3. The molecule has 0 heterocycles. The van der Waals surface area contributed by atoms with Crippen molar-refractivity contribution in [2.75, 3.05) is 17.2 Å². The number of para-hydroxylation sites is 1. The maximum Gasteiger partial charge on any atom is 0.0992 e. The quantitative estimate of drug-likeness (QED) is 0.833. The molecule has 0 saturated heterocycles. The normalized spacial score (nSPS) is 9.78. The van der Waals surface area contributed by atoms with Crippen molar-refractivity contribution in [3.05, 3.63) is 54.1 Å². The van der Waals surface area contributed by atoms with Crippen molar-refractivity contribution in [1.82, 2.24) is 0 Å². The van der Waals surface area contributed by atoms with Gasteiger partial charge in [-0.25, -0.2) is 0 Å². The van der Waals surface area contributed by atoms with Gasteiger partial charge in [0.25, 0.3) is 0 Å². The third-order valence-electron chi connectivity index (χ3n) is 2.83. The van der Waals surface area contributed by atoms with Crippen LogP contribution in [0.4, 0.5) is 17.1 Å². The summed E-state index contributed by atoms with van der Waals surface area (Å²) in [5.41, 5.74) is 9.25. The highest BCUT2D eigenvalue weighted by Gasteiger charge is 2.10. The summed E-state index contributed by atoms with van der Waals surface area (Å²) in [5.74, 6) is 0. The average Bonchev–Trinajstić information content (AvgIpc) is 2.43. The highest BCUT2D eigenvalue weighted by Crippen LogP contribution is 2.30. The molecule has 0 bridgehead atoms. The SMILES string of the molecule is CCN(c1ccccc1)c1cc(C#N)ccc1N. The van der Waals surface area contributed by atoms with E-state index in [0.717, 1.165) is 17.9 Å². The lowest BCUT2D eigenvalue weighted by Crippen LogP contribution is -2.17. The summed E-state index contributed by atoms with van der Waals surface area (Å²) in [7, 11) is 0. The molecule has 2 rings (SSSR count). The fraction of sp³-hybridized carbons (Fsp3) is 0.133. The number of nitrogens with zero attached hydrogens (tertiary/aromatic N) is 2. The van der Waals surface area contributed by atoms with E-state index in [1.165, 1.54) is 0 Å². The summed E-state index contributed by atoms with van der Waals surface area (Å²) in [6.45, 7) is 2.86. The van der Waals surface area contributed by atoms with Crippen LogP contribution in [-0.2, 0) is 0 Å². The van der Waals surface area contributed by atoms with Crippen molar-refractivity contribution < 1.29 is 0 Å². The summed E-state index contributed by atoms with van der Waals surface area (Å²) < 4.78 is 0. The topological polar surface area (TPSA) is 53.0 Å². The summed E-state index contributed by atoms with van der Waals surface area (Å²) in [4.78, 5) is 2.09. The highest BCUT2D eigenvalue weighted by molar-refractivity contribution is 5.76. The van der Waals surface area contributed by atoms with Crippen LogP contribution < -0.4 is 10.6 Å². The van der Waals surface area contributed by atoms with Gasteiger partial charge < -0.3 is 10.6 Å². The van der Waals surface area contributed by atoms with Gasteiger partial charge in [0.05, 0.1) is 23.0 Å². The van der Waals surface area contributed by atoms with E-state index in [9.17, 15) is 0 Å². The van der Waals surface area contributed by atoms with E-state index < -0.39 is 0 Å². The van der Waals surface area contributed by atoms with Gasteiger partial charge in [-0.3, -0.25) is 0 Å². The van der Waals surface area contributed by atoms with Crippen molar-refractivity contribution >= 4 is 17.1 Å². The third-order valence-corrected chi connectivity index (χ3v) is 2.83. The van der Waals surface area contributed by atoms with Gasteiger partial charge in [0.15, 0.2) is 0 Å². The number of nitriles is 1. The fourth-order valence-corrected chi connectivity index (χ4v) is 1.95. The Bertz CT molecular complexity index is 570. The van der Waals surface area contributed by atoms with E-state index in [1.807, 2.05) is 36.4 Å². The first-order valence-corrected chi connectivity index (χ1v) is 5.88. The zero-order valence-corrected chi connectivity index (χ0v) is 10.3. The smallest absolute Gasteiger partial charge is 0.0992 e. The molecule has 2 N–H and O–H groups in total. The van der Waals surface area contributed by atoms with E-state index in [2.05, 4.69) is 17.9 Å². The van der Waals surface area contributed by atoms with Crippen molar-refractivity contribution in [1.29, 1.82) is 5.26 Å². The number of nitrogens with two attached hydrogens (primary N) is 1. The van der Waals surface area contributed by atoms with Crippen LogP contribution in [-0.4, -0.2) is 6.54 Å². The second kappa shape index (κ2) is 5.24. The Balaban J connectivity index is 2.49. The Morgan fingerprint density at radius 1 is 1.17 bits per heavy atom. The largest absolute Gasteiger partial charge is 0.397 e.